The summed E-state index contributed by atoms with van der Waals surface area (Å²) in [6, 6.07) is 14.5. The van der Waals surface area contributed by atoms with E-state index in [2.05, 4.69) is 50.2 Å². The van der Waals surface area contributed by atoms with E-state index in [4.69, 9.17) is 14.2 Å². The van der Waals surface area contributed by atoms with Gasteiger partial charge in [0.05, 0.1) is 20.3 Å². The normalized spacial score (nSPS) is 11.1. The van der Waals surface area contributed by atoms with Crippen LogP contribution in [-0.2, 0) is 0 Å². The molecule has 3 aromatic carbocycles. The lowest BCUT2D eigenvalue weighted by molar-refractivity contribution is 0.308. The van der Waals surface area contributed by atoms with E-state index in [1.807, 2.05) is 6.07 Å². The van der Waals surface area contributed by atoms with E-state index >= 15 is 0 Å². The average molecular weight is 381 g/mol. The van der Waals surface area contributed by atoms with E-state index in [1.165, 1.54) is 25.7 Å². The maximum Gasteiger partial charge on any atom is 0.135 e. The van der Waals surface area contributed by atoms with Crippen molar-refractivity contribution < 1.29 is 14.2 Å². The van der Waals surface area contributed by atoms with Crippen LogP contribution < -0.4 is 14.2 Å². The SMILES string of the molecule is CCCCCOc1c2ccccc2c(OCCCCC)c2cc(OC)ccc12. The summed E-state index contributed by atoms with van der Waals surface area (Å²) in [5.74, 6) is 2.71. The zero-order valence-corrected chi connectivity index (χ0v) is 17.4. The fourth-order valence-electron chi connectivity index (χ4n) is 3.57. The van der Waals surface area contributed by atoms with Crippen LogP contribution >= 0.6 is 0 Å². The monoisotopic (exact) mass is 380 g/mol. The van der Waals surface area contributed by atoms with Gasteiger partial charge in [-0.3, -0.25) is 0 Å². The molecule has 0 aliphatic carbocycles. The van der Waals surface area contributed by atoms with Crippen LogP contribution in [0.1, 0.15) is 52.4 Å². The van der Waals surface area contributed by atoms with Gasteiger partial charge < -0.3 is 14.2 Å². The topological polar surface area (TPSA) is 27.7 Å². The van der Waals surface area contributed by atoms with Crippen molar-refractivity contribution in [1.82, 2.24) is 0 Å². The molecule has 0 aromatic heterocycles. The molecule has 0 aliphatic rings. The standard InChI is InChI=1S/C25H32O3/c1-4-6-10-16-27-24-20-12-8-9-13-21(20)25(28-17-11-7-5-2)23-18-19(26-3)14-15-22(23)24/h8-9,12-15,18H,4-7,10-11,16-17H2,1-3H3. The highest BCUT2D eigenvalue weighted by Crippen LogP contribution is 2.44. The summed E-state index contributed by atoms with van der Waals surface area (Å²) in [6.45, 7) is 5.87. The van der Waals surface area contributed by atoms with Gasteiger partial charge in [-0.1, -0.05) is 63.8 Å². The van der Waals surface area contributed by atoms with E-state index in [1.54, 1.807) is 7.11 Å². The second-order valence-electron chi connectivity index (χ2n) is 7.23. The van der Waals surface area contributed by atoms with E-state index in [9.17, 15) is 0 Å². The first-order valence-electron chi connectivity index (χ1n) is 10.6. The van der Waals surface area contributed by atoms with Gasteiger partial charge in [-0.2, -0.15) is 0 Å². The Kier molecular flexibility index (Phi) is 7.41. The molecule has 0 saturated carbocycles. The lowest BCUT2D eigenvalue weighted by Crippen LogP contribution is -2.02. The molecule has 0 aliphatic heterocycles. The molecule has 0 radical (unpaired) electrons. The Morgan fingerprint density at radius 2 is 1.18 bits per heavy atom. The molecule has 0 amide bonds. The molecule has 0 atom stereocenters. The highest BCUT2D eigenvalue weighted by Gasteiger charge is 2.16. The van der Waals surface area contributed by atoms with Gasteiger partial charge in [0.2, 0.25) is 0 Å². The van der Waals surface area contributed by atoms with Crippen molar-refractivity contribution in [3.8, 4) is 17.2 Å². The van der Waals surface area contributed by atoms with Gasteiger partial charge in [0, 0.05) is 21.5 Å². The molecule has 0 N–H and O–H groups in total. The predicted octanol–water partition coefficient (Wildman–Crippen LogP) is 7.14. The van der Waals surface area contributed by atoms with Crippen molar-refractivity contribution in [3.05, 3.63) is 42.5 Å². The zero-order valence-electron chi connectivity index (χ0n) is 17.4. The summed E-state index contributed by atoms with van der Waals surface area (Å²) >= 11 is 0. The number of methoxy groups -OCH3 is 1. The minimum Gasteiger partial charge on any atom is -0.497 e. The quantitative estimate of drug-likeness (QED) is 0.261. The molecule has 0 spiro atoms. The van der Waals surface area contributed by atoms with Crippen molar-refractivity contribution in [2.24, 2.45) is 0 Å². The van der Waals surface area contributed by atoms with Crippen LogP contribution in [0.25, 0.3) is 21.5 Å². The van der Waals surface area contributed by atoms with Crippen LogP contribution in [0.3, 0.4) is 0 Å². The number of fused-ring (bicyclic) bond motifs is 2. The third kappa shape index (κ3) is 4.52. The minimum absolute atomic E-state index is 0.723. The number of unbranched alkanes of at least 4 members (excludes halogenated alkanes) is 4. The molecule has 0 unspecified atom stereocenters. The molecule has 0 saturated heterocycles. The van der Waals surface area contributed by atoms with Gasteiger partial charge in [0.1, 0.15) is 17.2 Å². The molecule has 3 nitrogen and oxygen atoms in total. The maximum absolute atomic E-state index is 6.32. The first-order valence-corrected chi connectivity index (χ1v) is 10.6. The van der Waals surface area contributed by atoms with Gasteiger partial charge in [0.25, 0.3) is 0 Å². The van der Waals surface area contributed by atoms with Crippen LogP contribution in [0.4, 0.5) is 0 Å². The molecular weight excluding hydrogens is 348 g/mol. The third-order valence-corrected chi connectivity index (χ3v) is 5.12. The third-order valence-electron chi connectivity index (χ3n) is 5.12. The number of hydrogen-bond donors (Lipinski definition) is 0. The smallest absolute Gasteiger partial charge is 0.135 e. The summed E-state index contributed by atoms with van der Waals surface area (Å²) in [5.41, 5.74) is 0. The van der Waals surface area contributed by atoms with E-state index in [-0.39, 0.29) is 0 Å². The van der Waals surface area contributed by atoms with Crippen molar-refractivity contribution in [2.75, 3.05) is 20.3 Å². The van der Waals surface area contributed by atoms with Crippen LogP contribution in [0.2, 0.25) is 0 Å². The molecule has 150 valence electrons. The maximum atomic E-state index is 6.32. The zero-order chi connectivity index (χ0) is 19.8. The minimum atomic E-state index is 0.723. The van der Waals surface area contributed by atoms with Crippen LogP contribution in [0.15, 0.2) is 42.5 Å². The summed E-state index contributed by atoms with van der Waals surface area (Å²) < 4.78 is 18.1. The molecular formula is C25H32O3. The Bertz CT molecular complexity index is 901. The fourth-order valence-corrected chi connectivity index (χ4v) is 3.57. The molecule has 0 heterocycles. The highest BCUT2D eigenvalue weighted by molar-refractivity contribution is 6.11. The summed E-state index contributed by atoms with van der Waals surface area (Å²) in [5, 5.41) is 4.36. The van der Waals surface area contributed by atoms with Crippen LogP contribution in [-0.4, -0.2) is 20.3 Å². The Balaban J connectivity index is 2.10. The summed E-state index contributed by atoms with van der Waals surface area (Å²) in [7, 11) is 1.70. The van der Waals surface area contributed by atoms with Gasteiger partial charge >= 0.3 is 0 Å². The van der Waals surface area contributed by atoms with Crippen molar-refractivity contribution in [3.63, 3.8) is 0 Å². The molecule has 3 heteroatoms. The molecule has 0 fully saturated rings. The van der Waals surface area contributed by atoms with Crippen LogP contribution in [0, 0.1) is 0 Å². The van der Waals surface area contributed by atoms with Gasteiger partial charge in [-0.25, -0.2) is 0 Å². The van der Waals surface area contributed by atoms with E-state index < -0.39 is 0 Å². The Morgan fingerprint density at radius 3 is 1.71 bits per heavy atom. The summed E-state index contributed by atoms with van der Waals surface area (Å²) in [4.78, 5) is 0. The number of ether oxygens (including phenoxy) is 3. The van der Waals surface area contributed by atoms with Crippen molar-refractivity contribution in [1.29, 1.82) is 0 Å². The first kappa shape index (κ1) is 20.3. The number of hydrogen-bond acceptors (Lipinski definition) is 3. The van der Waals surface area contributed by atoms with E-state index in [0.717, 1.165) is 64.8 Å². The van der Waals surface area contributed by atoms with Crippen LogP contribution in [0.5, 0.6) is 17.2 Å². The van der Waals surface area contributed by atoms with Crippen molar-refractivity contribution in [2.45, 2.75) is 52.4 Å². The average Bonchev–Trinajstić information content (AvgIpc) is 2.74. The first-order chi connectivity index (χ1) is 13.8. The Hall–Kier alpha value is -2.42. The largest absolute Gasteiger partial charge is 0.497 e. The number of rotatable bonds is 11. The lowest BCUT2D eigenvalue weighted by Gasteiger charge is -2.18. The number of benzene rings is 3. The second-order valence-corrected chi connectivity index (χ2v) is 7.23. The summed E-state index contributed by atoms with van der Waals surface area (Å²) in [6.07, 6.45) is 6.86. The fraction of sp³-hybridized carbons (Fsp3) is 0.440. The molecule has 28 heavy (non-hydrogen) atoms. The second kappa shape index (κ2) is 10.2. The molecule has 0 bridgehead atoms. The molecule has 3 aromatic rings. The predicted molar refractivity (Wildman–Crippen MR) is 118 cm³/mol. The Morgan fingerprint density at radius 1 is 0.643 bits per heavy atom. The lowest BCUT2D eigenvalue weighted by atomic mass is 10.00. The van der Waals surface area contributed by atoms with Gasteiger partial charge in [-0.15, -0.1) is 0 Å². The van der Waals surface area contributed by atoms with Gasteiger partial charge in [-0.05, 0) is 31.0 Å². The van der Waals surface area contributed by atoms with Crippen molar-refractivity contribution >= 4 is 21.5 Å². The Labute approximate surface area is 168 Å². The van der Waals surface area contributed by atoms with E-state index in [0.29, 0.717) is 0 Å². The molecule has 3 rings (SSSR count). The van der Waals surface area contributed by atoms with Gasteiger partial charge in [0.15, 0.2) is 0 Å². The highest BCUT2D eigenvalue weighted by atomic mass is 16.5.